The lowest BCUT2D eigenvalue weighted by atomic mass is 10.2. The number of carbonyl (C=O) groups excluding carboxylic acids is 2. The highest BCUT2D eigenvalue weighted by Gasteiger charge is 2.23. The molecule has 10 nitrogen and oxygen atoms in total. The lowest BCUT2D eigenvalue weighted by Crippen LogP contribution is -2.42. The molecule has 3 N–H and O–H groups in total. The number of carbonyl (C=O) groups is 2. The largest absolute Gasteiger partial charge is 0.458 e. The molecule has 0 unspecified atom stereocenters. The fraction of sp³-hybridized carbons (Fsp3) is 0.269. The molecule has 2 heterocycles. The van der Waals surface area contributed by atoms with E-state index in [1.807, 2.05) is 53.1 Å². The summed E-state index contributed by atoms with van der Waals surface area (Å²) in [4.78, 5) is 38.6. The molecule has 2 aromatic carbocycles. The molecule has 0 aliphatic carbocycles. The lowest BCUT2D eigenvalue weighted by molar-refractivity contribution is -0.156. The molecule has 0 bridgehead atoms. The molecule has 1 amide bonds. The summed E-state index contributed by atoms with van der Waals surface area (Å²) < 4.78 is 12.4. The number of imidazole rings is 1. The van der Waals surface area contributed by atoms with E-state index in [0.29, 0.717) is 21.9 Å². The number of alkyl carbamates (subject to hydrolysis) is 1. The molecule has 4 aromatic rings. The molecule has 37 heavy (non-hydrogen) atoms. The molecule has 0 spiro atoms. The number of aromatic nitrogens is 4. The van der Waals surface area contributed by atoms with Gasteiger partial charge in [0.05, 0.1) is 0 Å². The van der Waals surface area contributed by atoms with Gasteiger partial charge in [-0.2, -0.15) is 0 Å². The van der Waals surface area contributed by atoms with E-state index in [-0.39, 0.29) is 6.61 Å². The third kappa shape index (κ3) is 6.76. The number of amides is 1. The van der Waals surface area contributed by atoms with Crippen molar-refractivity contribution < 1.29 is 19.1 Å². The van der Waals surface area contributed by atoms with Crippen molar-refractivity contribution in [1.82, 2.24) is 24.8 Å². The molecule has 2 aromatic heterocycles. The second-order valence-electron chi connectivity index (χ2n) is 9.29. The van der Waals surface area contributed by atoms with E-state index in [4.69, 9.17) is 15.2 Å². The lowest BCUT2D eigenvalue weighted by Gasteiger charge is -2.22. The number of nitrogens with one attached hydrogen (secondary N) is 1. The zero-order valence-electron chi connectivity index (χ0n) is 21.0. The average Bonchev–Trinajstić information content (AvgIpc) is 3.27. The third-order valence-corrected chi connectivity index (χ3v) is 6.01. The molecular formula is C26H28N6O4S. The number of anilines is 1. The first kappa shape index (κ1) is 26.0. The smallest absolute Gasteiger partial charge is 0.408 e. The fourth-order valence-electron chi connectivity index (χ4n) is 3.38. The summed E-state index contributed by atoms with van der Waals surface area (Å²) in [5.41, 5.74) is 8.78. The van der Waals surface area contributed by atoms with Gasteiger partial charge in [-0.1, -0.05) is 30.0 Å². The van der Waals surface area contributed by atoms with E-state index in [1.165, 1.54) is 18.1 Å². The number of nitrogen functional groups attached to an aromatic ring is 1. The van der Waals surface area contributed by atoms with E-state index in [0.717, 1.165) is 16.1 Å². The summed E-state index contributed by atoms with van der Waals surface area (Å²) in [6, 6.07) is 14.2. The summed E-state index contributed by atoms with van der Waals surface area (Å²) in [7, 11) is 0. The van der Waals surface area contributed by atoms with E-state index in [1.54, 1.807) is 34.0 Å². The summed E-state index contributed by atoms with van der Waals surface area (Å²) in [6.07, 6.45) is 2.46. The number of nitrogens with zero attached hydrogens (tertiary/aromatic N) is 4. The van der Waals surface area contributed by atoms with Crippen LogP contribution in [0.15, 0.2) is 71.1 Å². The Morgan fingerprint density at radius 3 is 2.65 bits per heavy atom. The van der Waals surface area contributed by atoms with Gasteiger partial charge in [-0.15, -0.1) is 0 Å². The Bertz CT molecular complexity index is 1430. The predicted molar refractivity (Wildman–Crippen MR) is 140 cm³/mol. The second-order valence-corrected chi connectivity index (χ2v) is 10.3. The SMILES string of the molecule is C[C@H](NC(=O)OCc1cccc(-n2cnc3c(Sc4cccc(N)c4)ncnc32)c1)C(=O)OC(C)(C)C. The van der Waals surface area contributed by atoms with Crippen molar-refractivity contribution in [2.45, 2.75) is 55.9 Å². The molecule has 4 rings (SSSR count). The first-order valence-corrected chi connectivity index (χ1v) is 12.4. The number of ether oxygens (including phenoxy) is 2. The molecule has 11 heteroatoms. The van der Waals surface area contributed by atoms with Crippen molar-refractivity contribution in [3.8, 4) is 5.69 Å². The quantitative estimate of drug-likeness (QED) is 0.205. The molecule has 0 aliphatic heterocycles. The number of nitrogens with two attached hydrogens (primary N) is 1. The second kappa shape index (κ2) is 10.9. The minimum Gasteiger partial charge on any atom is -0.458 e. The van der Waals surface area contributed by atoms with E-state index < -0.39 is 23.7 Å². The van der Waals surface area contributed by atoms with Crippen LogP contribution in [0.25, 0.3) is 16.9 Å². The maximum absolute atomic E-state index is 12.2. The van der Waals surface area contributed by atoms with Crippen LogP contribution in [0.4, 0.5) is 10.5 Å². The van der Waals surface area contributed by atoms with Gasteiger partial charge >= 0.3 is 12.1 Å². The molecular weight excluding hydrogens is 492 g/mol. The van der Waals surface area contributed by atoms with Gasteiger partial charge in [0, 0.05) is 16.3 Å². The van der Waals surface area contributed by atoms with Crippen LogP contribution >= 0.6 is 11.8 Å². The van der Waals surface area contributed by atoms with E-state index in [9.17, 15) is 9.59 Å². The van der Waals surface area contributed by atoms with Gasteiger partial charge in [-0.25, -0.2) is 24.5 Å². The number of hydrogen-bond donors (Lipinski definition) is 2. The van der Waals surface area contributed by atoms with Crippen molar-refractivity contribution in [3.63, 3.8) is 0 Å². The van der Waals surface area contributed by atoms with Gasteiger partial charge in [0.1, 0.15) is 41.4 Å². The highest BCUT2D eigenvalue weighted by atomic mass is 32.2. The first-order valence-electron chi connectivity index (χ1n) is 11.6. The molecule has 0 saturated heterocycles. The number of benzene rings is 2. The predicted octanol–water partition coefficient (Wildman–Crippen LogP) is 4.51. The zero-order chi connectivity index (χ0) is 26.6. The topological polar surface area (TPSA) is 134 Å². The van der Waals surface area contributed by atoms with Crippen LogP contribution in [0.3, 0.4) is 0 Å². The third-order valence-electron chi connectivity index (χ3n) is 5.03. The Morgan fingerprint density at radius 2 is 1.89 bits per heavy atom. The number of hydrogen-bond acceptors (Lipinski definition) is 9. The summed E-state index contributed by atoms with van der Waals surface area (Å²) in [5, 5.41) is 3.20. The Balaban J connectivity index is 1.45. The van der Waals surface area contributed by atoms with Crippen molar-refractivity contribution in [1.29, 1.82) is 0 Å². The maximum atomic E-state index is 12.2. The van der Waals surface area contributed by atoms with Crippen molar-refractivity contribution in [3.05, 3.63) is 66.7 Å². The van der Waals surface area contributed by atoms with E-state index >= 15 is 0 Å². The van der Waals surface area contributed by atoms with Gasteiger partial charge in [-0.3, -0.25) is 4.57 Å². The molecule has 0 fully saturated rings. The van der Waals surface area contributed by atoms with Crippen LogP contribution in [0.5, 0.6) is 0 Å². The fourth-order valence-corrected chi connectivity index (χ4v) is 4.28. The molecule has 1 atom stereocenters. The van der Waals surface area contributed by atoms with Crippen LogP contribution in [0, 0.1) is 0 Å². The molecule has 0 radical (unpaired) electrons. The Hall–Kier alpha value is -4.12. The number of fused-ring (bicyclic) bond motifs is 1. The summed E-state index contributed by atoms with van der Waals surface area (Å²) in [5.74, 6) is -0.534. The standard InChI is InChI=1S/C26H28N6O4S/c1-16(24(33)36-26(2,3)4)31-25(34)35-13-17-7-5-9-19(11-17)32-15-30-21-22(32)28-14-29-23(21)37-20-10-6-8-18(27)12-20/h5-12,14-16H,13,27H2,1-4H3,(H,31,34)/t16-/m0/s1. The monoisotopic (exact) mass is 520 g/mol. The van der Waals surface area contributed by atoms with Crippen molar-refractivity contribution in [2.75, 3.05) is 5.73 Å². The summed E-state index contributed by atoms with van der Waals surface area (Å²) >= 11 is 1.46. The summed E-state index contributed by atoms with van der Waals surface area (Å²) in [6.45, 7) is 6.84. The van der Waals surface area contributed by atoms with Gasteiger partial charge in [-0.05, 0) is 63.6 Å². The van der Waals surface area contributed by atoms with Crippen molar-refractivity contribution >= 4 is 40.7 Å². The van der Waals surface area contributed by atoms with Crippen LogP contribution < -0.4 is 11.1 Å². The average molecular weight is 521 g/mol. The highest BCUT2D eigenvalue weighted by Crippen LogP contribution is 2.31. The van der Waals surface area contributed by atoms with Crippen LogP contribution in [0.1, 0.15) is 33.3 Å². The van der Waals surface area contributed by atoms with Crippen molar-refractivity contribution in [2.24, 2.45) is 0 Å². The Kier molecular flexibility index (Phi) is 7.63. The minimum atomic E-state index is -0.838. The van der Waals surface area contributed by atoms with E-state index in [2.05, 4.69) is 20.3 Å². The van der Waals surface area contributed by atoms with Gasteiger partial charge < -0.3 is 20.5 Å². The number of esters is 1. The van der Waals surface area contributed by atoms with Gasteiger partial charge in [0.2, 0.25) is 0 Å². The maximum Gasteiger partial charge on any atom is 0.408 e. The van der Waals surface area contributed by atoms with Gasteiger partial charge in [0.15, 0.2) is 5.65 Å². The first-order chi connectivity index (χ1) is 17.6. The Labute approximate surface area is 218 Å². The molecule has 192 valence electrons. The Morgan fingerprint density at radius 1 is 1.11 bits per heavy atom. The molecule has 0 aliphatic rings. The van der Waals surface area contributed by atoms with Gasteiger partial charge in [0.25, 0.3) is 0 Å². The highest BCUT2D eigenvalue weighted by molar-refractivity contribution is 7.99. The minimum absolute atomic E-state index is 0.0128. The number of rotatable bonds is 7. The zero-order valence-corrected chi connectivity index (χ0v) is 21.8. The normalized spacial score (nSPS) is 12.2. The van der Waals surface area contributed by atoms with Crippen LogP contribution in [-0.2, 0) is 20.9 Å². The van der Waals surface area contributed by atoms with Crippen LogP contribution in [-0.4, -0.2) is 43.2 Å². The molecule has 0 saturated carbocycles. The van der Waals surface area contributed by atoms with Crippen LogP contribution in [0.2, 0.25) is 0 Å².